The van der Waals surface area contributed by atoms with Crippen LogP contribution < -0.4 is 10.9 Å². The van der Waals surface area contributed by atoms with Crippen molar-refractivity contribution < 1.29 is 9.18 Å². The third-order valence-electron chi connectivity index (χ3n) is 5.77. The van der Waals surface area contributed by atoms with Crippen LogP contribution in [0.15, 0.2) is 53.5 Å². The summed E-state index contributed by atoms with van der Waals surface area (Å²) in [6.45, 7) is 2.36. The second kappa shape index (κ2) is 8.15. The Bertz CT molecular complexity index is 1090. The smallest absolute Gasteiger partial charge is 0.265 e. The monoisotopic (exact) mass is 393 g/mol. The lowest BCUT2D eigenvalue weighted by Gasteiger charge is -2.29. The number of nitrogens with one attached hydrogen (secondary N) is 1. The van der Waals surface area contributed by atoms with Crippen LogP contribution in [0.5, 0.6) is 0 Å². The van der Waals surface area contributed by atoms with E-state index in [-0.39, 0.29) is 35.4 Å². The highest BCUT2D eigenvalue weighted by Gasteiger charge is 2.25. The molecule has 2 heterocycles. The second-order valence-corrected chi connectivity index (χ2v) is 7.83. The van der Waals surface area contributed by atoms with Crippen molar-refractivity contribution in [3.63, 3.8) is 0 Å². The fraction of sp³-hybridized carbons (Fsp3) is 0.348. The van der Waals surface area contributed by atoms with Gasteiger partial charge in [-0.25, -0.2) is 9.37 Å². The van der Waals surface area contributed by atoms with Gasteiger partial charge < -0.3 is 5.32 Å². The van der Waals surface area contributed by atoms with E-state index >= 15 is 0 Å². The van der Waals surface area contributed by atoms with Crippen molar-refractivity contribution in [1.29, 1.82) is 0 Å². The van der Waals surface area contributed by atoms with Gasteiger partial charge in [-0.05, 0) is 54.7 Å². The molecule has 3 aromatic rings. The Morgan fingerprint density at radius 3 is 2.72 bits per heavy atom. The van der Waals surface area contributed by atoms with Gasteiger partial charge in [0.1, 0.15) is 17.0 Å². The van der Waals surface area contributed by atoms with E-state index in [0.717, 1.165) is 30.2 Å². The molecule has 2 atom stereocenters. The molecule has 1 aromatic carbocycles. The van der Waals surface area contributed by atoms with Crippen LogP contribution >= 0.6 is 0 Å². The van der Waals surface area contributed by atoms with E-state index in [2.05, 4.69) is 17.2 Å². The summed E-state index contributed by atoms with van der Waals surface area (Å²) in [6.07, 6.45) is 5.91. The highest BCUT2D eigenvalue weighted by Crippen LogP contribution is 2.24. The van der Waals surface area contributed by atoms with Gasteiger partial charge in [0.2, 0.25) is 0 Å². The first-order valence-corrected chi connectivity index (χ1v) is 10.1. The summed E-state index contributed by atoms with van der Waals surface area (Å²) in [7, 11) is 0. The molecule has 29 heavy (non-hydrogen) atoms. The maximum atomic E-state index is 13.2. The number of rotatable bonds is 4. The zero-order valence-electron chi connectivity index (χ0n) is 16.4. The van der Waals surface area contributed by atoms with Crippen LogP contribution in [0.2, 0.25) is 0 Å². The molecule has 1 fully saturated rings. The molecule has 6 heteroatoms. The van der Waals surface area contributed by atoms with Crippen LogP contribution in [-0.2, 0) is 6.54 Å². The molecule has 2 aromatic heterocycles. The Balaban J connectivity index is 1.72. The zero-order valence-corrected chi connectivity index (χ0v) is 16.4. The van der Waals surface area contributed by atoms with Crippen LogP contribution in [-0.4, -0.2) is 21.5 Å². The van der Waals surface area contributed by atoms with E-state index in [1.54, 1.807) is 30.5 Å². The van der Waals surface area contributed by atoms with E-state index < -0.39 is 0 Å². The van der Waals surface area contributed by atoms with Gasteiger partial charge in [-0.3, -0.25) is 14.2 Å². The quantitative estimate of drug-likeness (QED) is 0.731. The van der Waals surface area contributed by atoms with E-state index in [1.807, 2.05) is 6.07 Å². The molecule has 4 rings (SSSR count). The predicted molar refractivity (Wildman–Crippen MR) is 110 cm³/mol. The highest BCUT2D eigenvalue weighted by molar-refractivity contribution is 5.97. The van der Waals surface area contributed by atoms with Gasteiger partial charge in [-0.15, -0.1) is 0 Å². The molecule has 1 saturated carbocycles. The van der Waals surface area contributed by atoms with Crippen molar-refractivity contribution in [3.8, 4) is 0 Å². The van der Waals surface area contributed by atoms with Gasteiger partial charge in [-0.1, -0.05) is 31.9 Å². The minimum Gasteiger partial charge on any atom is -0.349 e. The normalized spacial score (nSPS) is 19.2. The van der Waals surface area contributed by atoms with Crippen molar-refractivity contribution in [2.75, 3.05) is 0 Å². The molecule has 0 aliphatic heterocycles. The number of amides is 1. The topological polar surface area (TPSA) is 64.0 Å². The average Bonchev–Trinajstić information content (AvgIpc) is 2.73. The van der Waals surface area contributed by atoms with E-state index in [1.165, 1.54) is 23.1 Å². The molecule has 5 nitrogen and oxygen atoms in total. The van der Waals surface area contributed by atoms with Crippen molar-refractivity contribution in [2.24, 2.45) is 5.92 Å². The number of aromatic nitrogens is 2. The molecule has 0 radical (unpaired) electrons. The first-order valence-electron chi connectivity index (χ1n) is 10.1. The molecule has 0 bridgehead atoms. The third kappa shape index (κ3) is 4.06. The lowest BCUT2D eigenvalue weighted by molar-refractivity contribution is 0.0908. The van der Waals surface area contributed by atoms with Crippen molar-refractivity contribution in [3.05, 3.63) is 76.0 Å². The summed E-state index contributed by atoms with van der Waals surface area (Å²) in [5.41, 5.74) is 0.996. The SMILES string of the molecule is C[C@@H]1CCCC[C@H]1NC(=O)c1cc2cccnc2n(Cc2ccc(F)cc2)c1=O. The third-order valence-corrected chi connectivity index (χ3v) is 5.77. The molecule has 0 spiro atoms. The number of hydrogen-bond donors (Lipinski definition) is 1. The minimum atomic E-state index is -0.388. The van der Waals surface area contributed by atoms with Gasteiger partial charge in [0.05, 0.1) is 6.54 Å². The summed E-state index contributed by atoms with van der Waals surface area (Å²) in [6, 6.07) is 11.3. The number of carbonyl (C=O) groups excluding carboxylic acids is 1. The number of pyridine rings is 2. The van der Waals surface area contributed by atoms with Gasteiger partial charge in [-0.2, -0.15) is 0 Å². The maximum absolute atomic E-state index is 13.2. The highest BCUT2D eigenvalue weighted by atomic mass is 19.1. The second-order valence-electron chi connectivity index (χ2n) is 7.83. The Morgan fingerprint density at radius 2 is 1.97 bits per heavy atom. The van der Waals surface area contributed by atoms with Crippen LogP contribution in [0.4, 0.5) is 4.39 Å². The van der Waals surface area contributed by atoms with Crippen LogP contribution in [0.25, 0.3) is 11.0 Å². The molecule has 1 N–H and O–H groups in total. The number of halogens is 1. The summed E-state index contributed by atoms with van der Waals surface area (Å²) in [5, 5.41) is 3.79. The fourth-order valence-electron chi connectivity index (χ4n) is 4.06. The molecular formula is C23H24FN3O2. The van der Waals surface area contributed by atoms with E-state index in [4.69, 9.17) is 0 Å². The molecule has 0 saturated heterocycles. The first-order chi connectivity index (χ1) is 14.0. The molecule has 1 aliphatic carbocycles. The lowest BCUT2D eigenvalue weighted by Crippen LogP contribution is -2.43. The fourth-order valence-corrected chi connectivity index (χ4v) is 4.06. The summed E-state index contributed by atoms with van der Waals surface area (Å²) >= 11 is 0. The van der Waals surface area contributed by atoms with Crippen LogP contribution in [0, 0.1) is 11.7 Å². The summed E-state index contributed by atoms with van der Waals surface area (Å²) < 4.78 is 14.7. The minimum absolute atomic E-state index is 0.0887. The Labute approximate surface area is 168 Å². The lowest BCUT2D eigenvalue weighted by atomic mass is 9.86. The van der Waals surface area contributed by atoms with Crippen molar-refractivity contribution in [2.45, 2.75) is 45.2 Å². The molecule has 150 valence electrons. The van der Waals surface area contributed by atoms with Gasteiger partial charge in [0.15, 0.2) is 0 Å². The van der Waals surface area contributed by atoms with Gasteiger partial charge in [0.25, 0.3) is 11.5 Å². The number of fused-ring (bicyclic) bond motifs is 1. The average molecular weight is 393 g/mol. The Kier molecular flexibility index (Phi) is 5.43. The largest absolute Gasteiger partial charge is 0.349 e. The summed E-state index contributed by atoms with van der Waals surface area (Å²) in [4.78, 5) is 30.5. The molecule has 1 aliphatic rings. The Morgan fingerprint density at radius 1 is 1.21 bits per heavy atom. The van der Waals surface area contributed by atoms with Gasteiger partial charge >= 0.3 is 0 Å². The van der Waals surface area contributed by atoms with Gasteiger partial charge in [0, 0.05) is 17.6 Å². The van der Waals surface area contributed by atoms with Crippen LogP contribution in [0.1, 0.15) is 48.5 Å². The van der Waals surface area contributed by atoms with Crippen molar-refractivity contribution in [1.82, 2.24) is 14.9 Å². The number of nitrogens with zero attached hydrogens (tertiary/aromatic N) is 2. The Hall–Kier alpha value is -3.02. The molecular weight excluding hydrogens is 369 g/mol. The number of benzene rings is 1. The number of carbonyl (C=O) groups is 1. The number of hydrogen-bond acceptors (Lipinski definition) is 3. The standard InChI is InChI=1S/C23H24FN3O2/c1-15-5-2-3-7-20(15)26-22(28)19-13-17-6-4-12-25-21(17)27(23(19)29)14-16-8-10-18(24)11-9-16/h4,6,8-13,15,20H,2-3,5,7,14H2,1H3,(H,26,28)/t15-,20-/m1/s1. The zero-order chi connectivity index (χ0) is 20.4. The predicted octanol–water partition coefficient (Wildman–Crippen LogP) is 3.89. The molecule has 1 amide bonds. The van der Waals surface area contributed by atoms with E-state index in [9.17, 15) is 14.0 Å². The molecule has 0 unspecified atom stereocenters. The van der Waals surface area contributed by atoms with Crippen molar-refractivity contribution >= 4 is 16.9 Å². The maximum Gasteiger partial charge on any atom is 0.265 e. The van der Waals surface area contributed by atoms with Crippen LogP contribution in [0.3, 0.4) is 0 Å². The first kappa shape index (κ1) is 19.3. The van der Waals surface area contributed by atoms with E-state index in [0.29, 0.717) is 11.6 Å². The summed E-state index contributed by atoms with van der Waals surface area (Å²) in [5.74, 6) is -0.276.